The van der Waals surface area contributed by atoms with Crippen molar-refractivity contribution in [2.24, 2.45) is 0 Å². The summed E-state index contributed by atoms with van der Waals surface area (Å²) >= 11 is 0. The third kappa shape index (κ3) is 5.24. The number of esters is 1. The molecule has 0 aliphatic carbocycles. The number of rotatable bonds is 6. The summed E-state index contributed by atoms with van der Waals surface area (Å²) in [5, 5.41) is 12.5. The van der Waals surface area contributed by atoms with Crippen LogP contribution in [0.15, 0.2) is 73.3 Å². The van der Waals surface area contributed by atoms with Crippen LogP contribution in [0.2, 0.25) is 0 Å². The van der Waals surface area contributed by atoms with E-state index in [2.05, 4.69) is 20.3 Å². The van der Waals surface area contributed by atoms with Gasteiger partial charge in [0, 0.05) is 12.0 Å². The van der Waals surface area contributed by atoms with E-state index in [9.17, 15) is 14.7 Å². The zero-order chi connectivity index (χ0) is 25.5. The van der Waals surface area contributed by atoms with Gasteiger partial charge in [0.15, 0.2) is 17.0 Å². The van der Waals surface area contributed by atoms with E-state index < -0.39 is 24.4 Å². The molecule has 1 aliphatic rings. The second-order valence-corrected chi connectivity index (χ2v) is 7.72. The first kappa shape index (κ1) is 25.0. The third-order valence-corrected chi connectivity index (χ3v) is 5.57. The Labute approximate surface area is 207 Å². The van der Waals surface area contributed by atoms with Crippen molar-refractivity contribution < 1.29 is 24.2 Å². The molecule has 1 aliphatic heterocycles. The average molecular weight is 490 g/mol. The van der Waals surface area contributed by atoms with Gasteiger partial charge in [-0.25, -0.2) is 19.7 Å². The summed E-state index contributed by atoms with van der Waals surface area (Å²) in [7, 11) is 0. The van der Waals surface area contributed by atoms with E-state index >= 15 is 0 Å². The molecule has 10 heteroatoms. The van der Waals surface area contributed by atoms with Crippen molar-refractivity contribution in [1.82, 2.24) is 19.5 Å². The first-order chi connectivity index (χ1) is 17.6. The molecule has 2 aromatic heterocycles. The zero-order valence-electron chi connectivity index (χ0n) is 19.9. The molecule has 1 amide bonds. The lowest BCUT2D eigenvalue weighted by Crippen LogP contribution is -2.30. The molecule has 1 fully saturated rings. The van der Waals surface area contributed by atoms with Gasteiger partial charge in [-0.3, -0.25) is 9.36 Å². The number of benzene rings is 2. The molecule has 36 heavy (non-hydrogen) atoms. The number of carbonyl (C=O) groups excluding carboxylic acids is 2. The molecule has 3 atom stereocenters. The van der Waals surface area contributed by atoms with Crippen molar-refractivity contribution in [2.75, 3.05) is 11.9 Å². The Bertz CT molecular complexity index is 1310. The standard InChI is InChI=1S/C24H21N5O5.C2H6/c30-12-18-17(34-24(32)16-9-5-2-6-10-16)11-19(33-18)29-14-27-20-21(25-13-26-22(20)29)28-23(31)15-7-3-1-4-8-15;1-2/h1-10,13-14,17-19,30H,11-12H2,(H,25,26,28,31);1-2H3. The number of hydrogen-bond donors (Lipinski definition) is 2. The first-order valence-corrected chi connectivity index (χ1v) is 11.7. The van der Waals surface area contributed by atoms with Gasteiger partial charge >= 0.3 is 5.97 Å². The van der Waals surface area contributed by atoms with E-state index in [1.165, 1.54) is 12.7 Å². The van der Waals surface area contributed by atoms with Crippen molar-refractivity contribution in [3.05, 3.63) is 84.4 Å². The Kier molecular flexibility index (Phi) is 7.99. The van der Waals surface area contributed by atoms with Gasteiger partial charge < -0.3 is 19.9 Å². The molecule has 2 aromatic carbocycles. The maximum atomic E-state index is 12.6. The lowest BCUT2D eigenvalue weighted by molar-refractivity contribution is -0.0500. The van der Waals surface area contributed by atoms with E-state index in [1.54, 1.807) is 53.1 Å². The summed E-state index contributed by atoms with van der Waals surface area (Å²) in [5.74, 6) is -0.543. The number of carbonyl (C=O) groups is 2. The molecule has 10 nitrogen and oxygen atoms in total. The smallest absolute Gasteiger partial charge is 0.338 e. The highest BCUT2D eigenvalue weighted by Crippen LogP contribution is 2.33. The molecule has 0 saturated carbocycles. The van der Waals surface area contributed by atoms with Gasteiger partial charge in [-0.05, 0) is 24.3 Å². The second kappa shape index (κ2) is 11.5. The number of ether oxygens (including phenoxy) is 2. The van der Waals surface area contributed by atoms with E-state index in [4.69, 9.17) is 9.47 Å². The topological polar surface area (TPSA) is 128 Å². The van der Waals surface area contributed by atoms with Crippen LogP contribution < -0.4 is 5.32 Å². The quantitative estimate of drug-likeness (QED) is 0.393. The van der Waals surface area contributed by atoms with Crippen molar-refractivity contribution >= 4 is 28.9 Å². The van der Waals surface area contributed by atoms with Crippen molar-refractivity contribution in [1.29, 1.82) is 0 Å². The number of aliphatic hydroxyl groups excluding tert-OH is 1. The van der Waals surface area contributed by atoms with Gasteiger partial charge in [-0.1, -0.05) is 50.2 Å². The van der Waals surface area contributed by atoms with Crippen molar-refractivity contribution in [3.8, 4) is 0 Å². The van der Waals surface area contributed by atoms with Gasteiger partial charge in [0.2, 0.25) is 0 Å². The molecular formula is C26H27N5O5. The van der Waals surface area contributed by atoms with Gasteiger partial charge in [0.25, 0.3) is 5.91 Å². The lowest BCUT2D eigenvalue weighted by Gasteiger charge is -2.16. The fourth-order valence-electron chi connectivity index (χ4n) is 3.86. The average Bonchev–Trinajstić information content (AvgIpc) is 3.55. The normalized spacial score (nSPS) is 18.8. The number of aromatic nitrogens is 4. The number of imidazole rings is 1. The highest BCUT2D eigenvalue weighted by Gasteiger charge is 2.39. The van der Waals surface area contributed by atoms with Crippen LogP contribution in [0.5, 0.6) is 0 Å². The number of hydrogen-bond acceptors (Lipinski definition) is 8. The summed E-state index contributed by atoms with van der Waals surface area (Å²) in [6.07, 6.45) is 1.21. The molecule has 3 unspecified atom stereocenters. The number of anilines is 1. The molecule has 2 N–H and O–H groups in total. The maximum absolute atomic E-state index is 12.6. The molecule has 0 spiro atoms. The monoisotopic (exact) mass is 489 g/mol. The van der Waals surface area contributed by atoms with E-state index in [1.807, 2.05) is 26.0 Å². The first-order valence-electron chi connectivity index (χ1n) is 11.7. The van der Waals surface area contributed by atoms with Crippen LogP contribution in [0.25, 0.3) is 11.2 Å². The molecule has 3 heterocycles. The molecule has 1 saturated heterocycles. The molecular weight excluding hydrogens is 462 g/mol. The van der Waals surface area contributed by atoms with E-state index in [-0.39, 0.29) is 18.3 Å². The van der Waals surface area contributed by atoms with Crippen LogP contribution in [0.3, 0.4) is 0 Å². The Morgan fingerprint density at radius 2 is 1.69 bits per heavy atom. The highest BCUT2D eigenvalue weighted by molar-refractivity contribution is 6.06. The minimum Gasteiger partial charge on any atom is -0.456 e. The van der Waals surface area contributed by atoms with Crippen molar-refractivity contribution in [3.63, 3.8) is 0 Å². The summed E-state index contributed by atoms with van der Waals surface area (Å²) in [5.41, 5.74) is 1.74. The van der Waals surface area contributed by atoms with Crippen molar-refractivity contribution in [2.45, 2.75) is 38.7 Å². The summed E-state index contributed by atoms with van der Waals surface area (Å²) in [6.45, 7) is 3.68. The molecule has 186 valence electrons. The van der Waals surface area contributed by atoms with Crippen LogP contribution in [0.1, 0.15) is 47.2 Å². The van der Waals surface area contributed by atoms with Gasteiger partial charge in [0.1, 0.15) is 24.8 Å². The number of nitrogens with one attached hydrogen (secondary N) is 1. The minimum atomic E-state index is -0.700. The summed E-state index contributed by atoms with van der Waals surface area (Å²) < 4.78 is 13.2. The van der Waals surface area contributed by atoms with Gasteiger partial charge in [-0.15, -0.1) is 0 Å². The highest BCUT2D eigenvalue weighted by atomic mass is 16.6. The number of fused-ring (bicyclic) bond motifs is 1. The largest absolute Gasteiger partial charge is 0.456 e. The number of amides is 1. The molecule has 0 radical (unpaired) electrons. The van der Waals surface area contributed by atoms with Gasteiger partial charge in [-0.2, -0.15) is 0 Å². The van der Waals surface area contributed by atoms with Crippen LogP contribution in [0.4, 0.5) is 5.82 Å². The van der Waals surface area contributed by atoms with Gasteiger partial charge in [0.05, 0.1) is 18.5 Å². The van der Waals surface area contributed by atoms with Crippen LogP contribution in [0, 0.1) is 0 Å². The fourth-order valence-corrected chi connectivity index (χ4v) is 3.86. The SMILES string of the molecule is CC.O=C(Nc1ncnc2c1ncn2C1CC(OC(=O)c2ccccc2)C(CO)O1)c1ccccc1. The Morgan fingerprint density at radius 3 is 2.36 bits per heavy atom. The Morgan fingerprint density at radius 1 is 1.03 bits per heavy atom. The van der Waals surface area contributed by atoms with Crippen LogP contribution in [-0.4, -0.2) is 55.3 Å². The minimum absolute atomic E-state index is 0.265. The van der Waals surface area contributed by atoms with Crippen LogP contribution >= 0.6 is 0 Å². The van der Waals surface area contributed by atoms with Crippen LogP contribution in [-0.2, 0) is 9.47 Å². The second-order valence-electron chi connectivity index (χ2n) is 7.72. The summed E-state index contributed by atoms with van der Waals surface area (Å²) in [4.78, 5) is 37.9. The maximum Gasteiger partial charge on any atom is 0.338 e. The predicted molar refractivity (Wildman–Crippen MR) is 132 cm³/mol. The lowest BCUT2D eigenvalue weighted by atomic mass is 10.1. The zero-order valence-corrected chi connectivity index (χ0v) is 19.9. The number of nitrogens with zero attached hydrogens (tertiary/aromatic N) is 4. The Hall–Kier alpha value is -4.15. The molecule has 4 aromatic rings. The Balaban J connectivity index is 0.00000148. The predicted octanol–water partition coefficient (Wildman–Crippen LogP) is 3.61. The fraction of sp³-hybridized carbons (Fsp3) is 0.269. The third-order valence-electron chi connectivity index (χ3n) is 5.57. The number of aliphatic hydroxyl groups is 1. The van der Waals surface area contributed by atoms with E-state index in [0.29, 0.717) is 28.7 Å². The summed E-state index contributed by atoms with van der Waals surface area (Å²) in [6, 6.07) is 17.4. The molecule has 5 rings (SSSR count). The molecule has 0 bridgehead atoms. The van der Waals surface area contributed by atoms with E-state index in [0.717, 1.165) is 0 Å².